The van der Waals surface area contributed by atoms with Crippen LogP contribution in [0.2, 0.25) is 0 Å². The van der Waals surface area contributed by atoms with E-state index in [1.165, 1.54) is 16.7 Å². The van der Waals surface area contributed by atoms with E-state index < -0.39 is 0 Å². The van der Waals surface area contributed by atoms with E-state index in [2.05, 4.69) is 30.8 Å². The van der Waals surface area contributed by atoms with Crippen LogP contribution in [0.25, 0.3) is 5.57 Å². The van der Waals surface area contributed by atoms with Gasteiger partial charge in [0.15, 0.2) is 5.78 Å². The average molecular weight is 413 g/mol. The summed E-state index contributed by atoms with van der Waals surface area (Å²) in [4.78, 5) is 12.4. The first-order valence-corrected chi connectivity index (χ1v) is 11.8. The van der Waals surface area contributed by atoms with E-state index in [9.17, 15) is 4.79 Å². The monoisotopic (exact) mass is 412 g/mol. The summed E-state index contributed by atoms with van der Waals surface area (Å²) < 4.78 is 0. The van der Waals surface area contributed by atoms with Crippen LogP contribution in [0, 0.1) is 12.8 Å². The number of allylic oxidation sites excluding steroid dienone is 1. The lowest BCUT2D eigenvalue weighted by atomic mass is 9.92. The standard InChI is InChI=1S/C21H24O.4C2H6/c1-15(2)20-7-5-6-18(14-20)11-10-17(4)21(22)19-12-8-16(3)9-13-19;4*1-2/h5-9,12-14,17H,1,10-11H2,2-4H3;4*1-2H3. The van der Waals surface area contributed by atoms with Gasteiger partial charge in [0.2, 0.25) is 0 Å². The summed E-state index contributed by atoms with van der Waals surface area (Å²) in [5.41, 5.74) is 5.51. The molecular formula is C29H48O. The molecule has 0 aliphatic rings. The minimum atomic E-state index is 0.0381. The zero-order chi connectivity index (χ0) is 24.1. The molecule has 1 unspecified atom stereocenters. The molecule has 170 valence electrons. The molecule has 1 atom stereocenters. The van der Waals surface area contributed by atoms with Crippen LogP contribution in [0.5, 0.6) is 0 Å². The summed E-state index contributed by atoms with van der Waals surface area (Å²) in [6, 6.07) is 16.3. The van der Waals surface area contributed by atoms with Crippen LogP contribution in [0.1, 0.15) is 103 Å². The van der Waals surface area contributed by atoms with Crippen LogP contribution < -0.4 is 0 Å². The van der Waals surface area contributed by atoms with Gasteiger partial charge < -0.3 is 0 Å². The van der Waals surface area contributed by atoms with Gasteiger partial charge in [-0.3, -0.25) is 4.79 Å². The first-order valence-electron chi connectivity index (χ1n) is 11.8. The SMILES string of the molecule is C=C(C)c1cccc(CCC(C)C(=O)c2ccc(C)cc2)c1.CC.CC.CC.CC. The van der Waals surface area contributed by atoms with Crippen LogP contribution in [0.3, 0.4) is 0 Å². The Morgan fingerprint density at radius 1 is 0.833 bits per heavy atom. The predicted octanol–water partition coefficient (Wildman–Crippen LogP) is 9.58. The molecule has 2 aromatic carbocycles. The van der Waals surface area contributed by atoms with E-state index in [0.717, 1.165) is 24.0 Å². The van der Waals surface area contributed by atoms with Crippen molar-refractivity contribution in [3.05, 3.63) is 77.4 Å². The summed E-state index contributed by atoms with van der Waals surface area (Å²) in [6.45, 7) is 26.1. The quantitative estimate of drug-likeness (QED) is 0.431. The van der Waals surface area contributed by atoms with Gasteiger partial charge in [-0.25, -0.2) is 0 Å². The van der Waals surface area contributed by atoms with Gasteiger partial charge in [-0.2, -0.15) is 0 Å². The summed E-state index contributed by atoms with van der Waals surface area (Å²) >= 11 is 0. The first-order chi connectivity index (χ1) is 14.5. The molecule has 0 radical (unpaired) electrons. The van der Waals surface area contributed by atoms with Crippen molar-refractivity contribution in [1.82, 2.24) is 0 Å². The van der Waals surface area contributed by atoms with E-state index in [1.807, 2.05) is 100 Å². The largest absolute Gasteiger partial charge is 0.294 e. The third-order valence-corrected chi connectivity index (χ3v) is 4.07. The second-order valence-corrected chi connectivity index (χ2v) is 6.15. The Labute approximate surface area is 188 Å². The van der Waals surface area contributed by atoms with Gasteiger partial charge in [0, 0.05) is 11.5 Å². The van der Waals surface area contributed by atoms with E-state index in [1.54, 1.807) is 0 Å². The summed E-state index contributed by atoms with van der Waals surface area (Å²) in [5, 5.41) is 0. The molecule has 30 heavy (non-hydrogen) atoms. The zero-order valence-corrected chi connectivity index (χ0v) is 21.7. The molecular weight excluding hydrogens is 364 g/mol. The highest BCUT2D eigenvalue weighted by Gasteiger charge is 2.15. The van der Waals surface area contributed by atoms with Gasteiger partial charge in [-0.05, 0) is 37.8 Å². The number of Topliss-reactive ketones (excluding diaryl/α,β-unsaturated/α-hetero) is 1. The van der Waals surface area contributed by atoms with E-state index in [4.69, 9.17) is 0 Å². The van der Waals surface area contributed by atoms with Crippen LogP contribution in [-0.2, 0) is 6.42 Å². The second kappa shape index (κ2) is 21.6. The van der Waals surface area contributed by atoms with Gasteiger partial charge in [0.05, 0.1) is 0 Å². The summed E-state index contributed by atoms with van der Waals surface area (Å²) in [5.74, 6) is 0.271. The topological polar surface area (TPSA) is 17.1 Å². The highest BCUT2D eigenvalue weighted by molar-refractivity contribution is 5.97. The van der Waals surface area contributed by atoms with Crippen LogP contribution in [0.15, 0.2) is 55.1 Å². The van der Waals surface area contributed by atoms with Crippen molar-refractivity contribution in [1.29, 1.82) is 0 Å². The lowest BCUT2D eigenvalue weighted by Gasteiger charge is -2.11. The van der Waals surface area contributed by atoms with E-state index in [-0.39, 0.29) is 11.7 Å². The number of hydrogen-bond acceptors (Lipinski definition) is 1. The molecule has 0 saturated carbocycles. The molecule has 0 aromatic heterocycles. The Bertz CT molecular complexity index is 665. The zero-order valence-electron chi connectivity index (χ0n) is 21.7. The maximum Gasteiger partial charge on any atom is 0.165 e. The summed E-state index contributed by atoms with van der Waals surface area (Å²) in [6.07, 6.45) is 1.78. The van der Waals surface area contributed by atoms with Gasteiger partial charge in [0.1, 0.15) is 0 Å². The van der Waals surface area contributed by atoms with Crippen molar-refractivity contribution in [2.75, 3.05) is 0 Å². The Balaban J connectivity index is -0.000000815. The minimum Gasteiger partial charge on any atom is -0.294 e. The predicted molar refractivity (Wildman–Crippen MR) is 140 cm³/mol. The molecule has 0 fully saturated rings. The second-order valence-electron chi connectivity index (χ2n) is 6.15. The van der Waals surface area contributed by atoms with Crippen molar-refractivity contribution in [3.8, 4) is 0 Å². The molecule has 2 rings (SSSR count). The molecule has 0 aliphatic carbocycles. The molecule has 0 bridgehead atoms. The van der Waals surface area contributed by atoms with Gasteiger partial charge in [-0.1, -0.05) is 129 Å². The fourth-order valence-electron chi connectivity index (χ4n) is 2.51. The first kappa shape index (κ1) is 32.5. The molecule has 0 saturated heterocycles. The number of carbonyl (C=O) groups excluding carboxylic acids is 1. The van der Waals surface area contributed by atoms with E-state index in [0.29, 0.717) is 0 Å². The van der Waals surface area contributed by atoms with Crippen molar-refractivity contribution in [3.63, 3.8) is 0 Å². The highest BCUT2D eigenvalue weighted by atomic mass is 16.1. The van der Waals surface area contributed by atoms with Crippen LogP contribution >= 0.6 is 0 Å². The number of carbonyl (C=O) groups is 1. The van der Waals surface area contributed by atoms with Gasteiger partial charge in [-0.15, -0.1) is 0 Å². The molecule has 0 N–H and O–H groups in total. The number of benzene rings is 2. The van der Waals surface area contributed by atoms with Crippen LogP contribution in [0.4, 0.5) is 0 Å². The maximum atomic E-state index is 12.4. The maximum absolute atomic E-state index is 12.4. The van der Waals surface area contributed by atoms with Crippen molar-refractivity contribution in [2.24, 2.45) is 5.92 Å². The fraction of sp³-hybridized carbons (Fsp3) is 0.483. The normalized spacial score (nSPS) is 9.57. The average Bonchev–Trinajstić information content (AvgIpc) is 2.83. The lowest BCUT2D eigenvalue weighted by Crippen LogP contribution is -2.12. The third kappa shape index (κ3) is 13.1. The van der Waals surface area contributed by atoms with Crippen LogP contribution in [-0.4, -0.2) is 5.78 Å². The number of aryl methyl sites for hydroxylation is 2. The Morgan fingerprint density at radius 2 is 1.33 bits per heavy atom. The molecule has 0 heterocycles. The van der Waals surface area contributed by atoms with Crippen molar-refractivity contribution >= 4 is 11.4 Å². The minimum absolute atomic E-state index is 0.0381. The number of hydrogen-bond donors (Lipinski definition) is 0. The van der Waals surface area contributed by atoms with Crippen molar-refractivity contribution < 1.29 is 4.79 Å². The Kier molecular flexibility index (Phi) is 23.4. The lowest BCUT2D eigenvalue weighted by molar-refractivity contribution is 0.0924. The number of ketones is 1. The summed E-state index contributed by atoms with van der Waals surface area (Å²) in [7, 11) is 0. The van der Waals surface area contributed by atoms with E-state index >= 15 is 0 Å². The van der Waals surface area contributed by atoms with Gasteiger partial charge >= 0.3 is 0 Å². The number of rotatable bonds is 6. The molecule has 0 aliphatic heterocycles. The van der Waals surface area contributed by atoms with Crippen molar-refractivity contribution in [2.45, 2.75) is 89.0 Å². The molecule has 0 amide bonds. The smallest absolute Gasteiger partial charge is 0.165 e. The highest BCUT2D eigenvalue weighted by Crippen LogP contribution is 2.18. The molecule has 0 spiro atoms. The molecule has 1 heteroatoms. The molecule has 2 aromatic rings. The van der Waals surface area contributed by atoms with Gasteiger partial charge in [0.25, 0.3) is 0 Å². The Morgan fingerprint density at radius 3 is 1.80 bits per heavy atom. The molecule has 1 nitrogen and oxygen atoms in total. The third-order valence-electron chi connectivity index (χ3n) is 4.07. The fourth-order valence-corrected chi connectivity index (χ4v) is 2.51. The Hall–Kier alpha value is -2.15.